The van der Waals surface area contributed by atoms with Gasteiger partial charge in [-0.2, -0.15) is 4.98 Å². The standard InChI is InChI=1S/C13H17ClN4O2/c1-4-18(5-2)13-16-12(20-17-13)8-6-9(14)10(15)7-11(8)19-3/h6-7H,4-5,15H2,1-3H3. The SMILES string of the molecule is CCN(CC)c1noc(-c2cc(Cl)c(N)cc2OC)n1. The van der Waals surface area contributed by atoms with Gasteiger partial charge in [-0.05, 0) is 25.1 Å². The van der Waals surface area contributed by atoms with Gasteiger partial charge in [0.15, 0.2) is 0 Å². The third-order valence-electron chi connectivity index (χ3n) is 3.01. The summed E-state index contributed by atoms with van der Waals surface area (Å²) in [7, 11) is 1.55. The molecule has 1 aromatic carbocycles. The number of nitrogens with two attached hydrogens (primary N) is 1. The Labute approximate surface area is 122 Å². The molecule has 0 radical (unpaired) electrons. The molecule has 0 atom stereocenters. The van der Waals surface area contributed by atoms with Gasteiger partial charge in [-0.1, -0.05) is 11.6 Å². The highest BCUT2D eigenvalue weighted by molar-refractivity contribution is 6.33. The maximum absolute atomic E-state index is 6.04. The van der Waals surface area contributed by atoms with Crippen molar-refractivity contribution in [2.75, 3.05) is 30.8 Å². The number of anilines is 2. The van der Waals surface area contributed by atoms with Gasteiger partial charge < -0.3 is 19.9 Å². The van der Waals surface area contributed by atoms with Crippen LogP contribution in [0.1, 0.15) is 13.8 Å². The fourth-order valence-electron chi connectivity index (χ4n) is 1.87. The van der Waals surface area contributed by atoms with Crippen molar-refractivity contribution in [2.45, 2.75) is 13.8 Å². The quantitative estimate of drug-likeness (QED) is 0.855. The Morgan fingerprint density at radius 3 is 2.65 bits per heavy atom. The average molecular weight is 297 g/mol. The zero-order valence-electron chi connectivity index (χ0n) is 11.7. The summed E-state index contributed by atoms with van der Waals surface area (Å²) in [5.41, 5.74) is 6.82. The molecule has 108 valence electrons. The van der Waals surface area contributed by atoms with Crippen molar-refractivity contribution in [3.63, 3.8) is 0 Å². The van der Waals surface area contributed by atoms with E-state index in [1.54, 1.807) is 19.2 Å². The van der Waals surface area contributed by atoms with Crippen molar-refractivity contribution in [1.82, 2.24) is 10.1 Å². The molecule has 0 aliphatic rings. The van der Waals surface area contributed by atoms with Crippen LogP contribution in [0.2, 0.25) is 5.02 Å². The van der Waals surface area contributed by atoms with Gasteiger partial charge in [0.1, 0.15) is 5.75 Å². The molecule has 7 heteroatoms. The highest BCUT2D eigenvalue weighted by Crippen LogP contribution is 2.35. The fraction of sp³-hybridized carbons (Fsp3) is 0.385. The Bertz CT molecular complexity index is 596. The second-order valence-electron chi connectivity index (χ2n) is 4.15. The summed E-state index contributed by atoms with van der Waals surface area (Å²) in [5, 5.41) is 4.39. The molecule has 0 amide bonds. The summed E-state index contributed by atoms with van der Waals surface area (Å²) < 4.78 is 10.6. The Hall–Kier alpha value is -1.95. The summed E-state index contributed by atoms with van der Waals surface area (Å²) in [6.45, 7) is 5.66. The molecule has 0 saturated heterocycles. The lowest BCUT2D eigenvalue weighted by Gasteiger charge is -2.14. The van der Waals surface area contributed by atoms with E-state index in [0.717, 1.165) is 13.1 Å². The van der Waals surface area contributed by atoms with Crippen molar-refractivity contribution < 1.29 is 9.26 Å². The molecule has 2 aromatic rings. The number of methoxy groups -OCH3 is 1. The first-order valence-electron chi connectivity index (χ1n) is 6.32. The summed E-state index contributed by atoms with van der Waals surface area (Å²) in [6.07, 6.45) is 0. The first-order valence-corrected chi connectivity index (χ1v) is 6.70. The van der Waals surface area contributed by atoms with Crippen molar-refractivity contribution in [3.8, 4) is 17.2 Å². The van der Waals surface area contributed by atoms with Gasteiger partial charge in [-0.3, -0.25) is 0 Å². The Morgan fingerprint density at radius 1 is 1.35 bits per heavy atom. The van der Waals surface area contributed by atoms with Crippen molar-refractivity contribution in [3.05, 3.63) is 17.2 Å². The predicted octanol–water partition coefficient (Wildman–Crippen LogP) is 2.83. The molecular formula is C13H17ClN4O2. The van der Waals surface area contributed by atoms with Gasteiger partial charge >= 0.3 is 0 Å². The van der Waals surface area contributed by atoms with E-state index in [1.807, 2.05) is 18.7 Å². The molecule has 0 unspecified atom stereocenters. The number of hydrogen-bond acceptors (Lipinski definition) is 6. The van der Waals surface area contributed by atoms with Gasteiger partial charge in [0, 0.05) is 19.2 Å². The summed E-state index contributed by atoms with van der Waals surface area (Å²) >= 11 is 6.04. The Kier molecular flexibility index (Phi) is 4.34. The first kappa shape index (κ1) is 14.5. The lowest BCUT2D eigenvalue weighted by Crippen LogP contribution is -2.22. The number of halogens is 1. The number of aromatic nitrogens is 2. The van der Waals surface area contributed by atoms with Crippen LogP contribution in [0.5, 0.6) is 5.75 Å². The number of nitrogen functional groups attached to an aromatic ring is 1. The Morgan fingerprint density at radius 2 is 2.05 bits per heavy atom. The average Bonchev–Trinajstić information content (AvgIpc) is 2.92. The molecule has 0 fully saturated rings. The van der Waals surface area contributed by atoms with E-state index in [2.05, 4.69) is 10.1 Å². The zero-order valence-corrected chi connectivity index (χ0v) is 12.4. The van der Waals surface area contributed by atoms with Crippen LogP contribution in [0.4, 0.5) is 11.6 Å². The van der Waals surface area contributed by atoms with E-state index in [9.17, 15) is 0 Å². The normalized spacial score (nSPS) is 10.6. The minimum atomic E-state index is 0.352. The minimum Gasteiger partial charge on any atom is -0.496 e. The maximum Gasteiger partial charge on any atom is 0.266 e. The maximum atomic E-state index is 6.04. The first-order chi connectivity index (χ1) is 9.60. The van der Waals surface area contributed by atoms with Crippen molar-refractivity contribution >= 4 is 23.2 Å². The third-order valence-corrected chi connectivity index (χ3v) is 3.34. The topological polar surface area (TPSA) is 77.4 Å². The largest absolute Gasteiger partial charge is 0.496 e. The second-order valence-corrected chi connectivity index (χ2v) is 4.55. The summed E-state index contributed by atoms with van der Waals surface area (Å²) in [4.78, 5) is 6.36. The molecule has 0 aliphatic heterocycles. The molecule has 0 bridgehead atoms. The van der Waals surface area contributed by atoms with Crippen molar-refractivity contribution in [2.24, 2.45) is 0 Å². The molecule has 2 rings (SSSR count). The van der Waals surface area contributed by atoms with Gasteiger partial charge in [0.05, 0.1) is 23.4 Å². The van der Waals surface area contributed by atoms with E-state index in [4.69, 9.17) is 26.6 Å². The number of ether oxygens (including phenoxy) is 1. The van der Waals surface area contributed by atoms with E-state index < -0.39 is 0 Å². The summed E-state index contributed by atoms with van der Waals surface area (Å²) in [6, 6.07) is 3.30. The molecule has 6 nitrogen and oxygen atoms in total. The van der Waals surface area contributed by atoms with Gasteiger partial charge in [0.25, 0.3) is 11.8 Å². The smallest absolute Gasteiger partial charge is 0.266 e. The molecule has 2 N–H and O–H groups in total. The summed E-state index contributed by atoms with van der Waals surface area (Å²) in [5.74, 6) is 1.44. The number of benzene rings is 1. The van der Waals surface area contributed by atoms with Gasteiger partial charge in [0.2, 0.25) is 0 Å². The molecular weight excluding hydrogens is 280 g/mol. The number of nitrogens with zero attached hydrogens (tertiary/aromatic N) is 3. The van der Waals surface area contributed by atoms with Gasteiger partial charge in [-0.25, -0.2) is 0 Å². The monoisotopic (exact) mass is 296 g/mol. The van der Waals surface area contributed by atoms with E-state index >= 15 is 0 Å². The van der Waals surface area contributed by atoms with Crippen LogP contribution in [0.15, 0.2) is 16.7 Å². The van der Waals surface area contributed by atoms with E-state index in [-0.39, 0.29) is 0 Å². The second kappa shape index (κ2) is 6.00. The van der Waals surface area contributed by atoms with E-state index in [1.165, 1.54) is 0 Å². The Balaban J connectivity index is 2.44. The molecule has 0 aliphatic carbocycles. The van der Waals surface area contributed by atoms with Gasteiger partial charge in [-0.15, -0.1) is 0 Å². The highest BCUT2D eigenvalue weighted by atomic mass is 35.5. The lowest BCUT2D eigenvalue weighted by molar-refractivity contribution is 0.405. The molecule has 1 aromatic heterocycles. The van der Waals surface area contributed by atoms with Crippen LogP contribution in [-0.2, 0) is 0 Å². The minimum absolute atomic E-state index is 0.352. The molecule has 1 heterocycles. The zero-order chi connectivity index (χ0) is 14.7. The molecule has 0 spiro atoms. The highest BCUT2D eigenvalue weighted by Gasteiger charge is 2.18. The van der Waals surface area contributed by atoms with E-state index in [0.29, 0.717) is 33.9 Å². The van der Waals surface area contributed by atoms with Crippen LogP contribution < -0.4 is 15.4 Å². The third kappa shape index (κ3) is 2.65. The predicted molar refractivity (Wildman–Crippen MR) is 79.3 cm³/mol. The molecule has 0 saturated carbocycles. The van der Waals surface area contributed by atoms with Crippen LogP contribution in [0.25, 0.3) is 11.5 Å². The lowest BCUT2D eigenvalue weighted by atomic mass is 10.2. The fourth-order valence-corrected chi connectivity index (χ4v) is 2.03. The van der Waals surface area contributed by atoms with Crippen LogP contribution in [0.3, 0.4) is 0 Å². The van der Waals surface area contributed by atoms with Crippen LogP contribution >= 0.6 is 11.6 Å². The van der Waals surface area contributed by atoms with Crippen molar-refractivity contribution in [1.29, 1.82) is 0 Å². The number of rotatable bonds is 5. The number of hydrogen-bond donors (Lipinski definition) is 1. The molecule has 20 heavy (non-hydrogen) atoms. The van der Waals surface area contributed by atoms with Crippen LogP contribution in [-0.4, -0.2) is 30.3 Å². The van der Waals surface area contributed by atoms with Crippen LogP contribution in [0, 0.1) is 0 Å².